The van der Waals surface area contributed by atoms with Gasteiger partial charge in [0.15, 0.2) is 0 Å². The lowest BCUT2D eigenvalue weighted by Gasteiger charge is -2.30. The molecule has 2 aromatic heterocycles. The monoisotopic (exact) mass is 824 g/mol. The molecule has 7 rings (SSSR count). The Morgan fingerprint density at radius 2 is 1.48 bits per heavy atom. The summed E-state index contributed by atoms with van der Waals surface area (Å²) < 4.78 is 22.0. The van der Waals surface area contributed by atoms with Gasteiger partial charge in [0, 0.05) is 46.5 Å². The number of nitrogens with one attached hydrogen (secondary N) is 4. The molecule has 3 aliphatic heterocycles. The van der Waals surface area contributed by atoms with E-state index in [2.05, 4.69) is 49.2 Å². The number of carbonyl (C=O) groups excluding carboxylic acids is 4. The number of fused-ring (bicyclic) bond motifs is 4. The Morgan fingerprint density at radius 1 is 0.883 bits per heavy atom. The molecular weight excluding hydrogens is 769 g/mol. The Bertz CT molecular complexity index is 2210. The molecular formula is C44H56N8O8. The lowest BCUT2D eigenvalue weighted by Crippen LogP contribution is -2.51. The maximum Gasteiger partial charge on any atom is 0.407 e. The summed E-state index contributed by atoms with van der Waals surface area (Å²) in [7, 11) is 2.54. The van der Waals surface area contributed by atoms with Gasteiger partial charge in [0.2, 0.25) is 11.8 Å². The number of methoxy groups -OCH3 is 2. The Morgan fingerprint density at radius 3 is 2.07 bits per heavy atom. The summed E-state index contributed by atoms with van der Waals surface area (Å²) in [5, 5.41) is 5.13. The van der Waals surface area contributed by atoms with Crippen molar-refractivity contribution in [2.45, 2.75) is 78.9 Å². The van der Waals surface area contributed by atoms with Gasteiger partial charge in [-0.3, -0.25) is 9.59 Å². The first-order valence-electron chi connectivity index (χ1n) is 20.6. The van der Waals surface area contributed by atoms with E-state index in [1.54, 1.807) is 22.2 Å². The number of alkyl carbamates (subject to hydrolysis) is 2. The van der Waals surface area contributed by atoms with E-state index in [0.717, 1.165) is 75.5 Å². The number of benzene rings is 2. The third-order valence-electron chi connectivity index (χ3n) is 10.6. The number of ether oxygens (including phenoxy) is 4. The van der Waals surface area contributed by atoms with Crippen molar-refractivity contribution in [1.82, 2.24) is 40.4 Å². The van der Waals surface area contributed by atoms with Crippen LogP contribution in [0.1, 0.15) is 89.1 Å². The normalized spacial score (nSPS) is 15.6. The van der Waals surface area contributed by atoms with Crippen LogP contribution in [0, 0.1) is 5.92 Å². The number of aromatic amines is 2. The summed E-state index contributed by atoms with van der Waals surface area (Å²) in [6.45, 7) is 12.0. The van der Waals surface area contributed by atoms with Crippen molar-refractivity contribution in [3.05, 3.63) is 71.6 Å². The van der Waals surface area contributed by atoms with Crippen LogP contribution in [0.25, 0.3) is 33.7 Å². The second-order valence-electron chi connectivity index (χ2n) is 15.3. The van der Waals surface area contributed by atoms with E-state index in [0.29, 0.717) is 38.0 Å². The summed E-state index contributed by atoms with van der Waals surface area (Å²) in [4.78, 5) is 69.2. The molecule has 0 spiro atoms. The third kappa shape index (κ3) is 9.58. The highest BCUT2D eigenvalue weighted by molar-refractivity contribution is 5.98. The van der Waals surface area contributed by atoms with Crippen molar-refractivity contribution in [2.24, 2.45) is 5.92 Å². The molecule has 4 amide bonds. The average Bonchev–Trinajstić information content (AvgIpc) is 4.06. The second-order valence-corrected chi connectivity index (χ2v) is 15.3. The van der Waals surface area contributed by atoms with Gasteiger partial charge in [0.1, 0.15) is 48.9 Å². The minimum Gasteiger partial charge on any atom is -0.488 e. The molecule has 0 saturated carbocycles. The SMILES string of the molecule is CCC.CCCN(Cc1ncc(-c2ccc3c(c2)OCC2=C3COc3cc(-c4cnc(C5CCCN5C(=O)CNC(=O)OC)[nH]4)ccc32)[nH]1)C(=O)C(NC(=O)OC)C(C)C. The van der Waals surface area contributed by atoms with Gasteiger partial charge in [-0.05, 0) is 37.3 Å². The minimum absolute atomic E-state index is 0.134. The van der Waals surface area contributed by atoms with Gasteiger partial charge in [-0.2, -0.15) is 0 Å². The molecule has 4 aromatic rings. The van der Waals surface area contributed by atoms with Crippen molar-refractivity contribution in [2.75, 3.05) is 47.1 Å². The molecule has 0 radical (unpaired) electrons. The highest BCUT2D eigenvalue weighted by Crippen LogP contribution is 2.45. The second kappa shape index (κ2) is 19.6. The number of hydrogen-bond acceptors (Lipinski definition) is 10. The molecule has 1 fully saturated rings. The van der Waals surface area contributed by atoms with Crippen molar-refractivity contribution < 1.29 is 38.1 Å². The topological polar surface area (TPSA) is 193 Å². The third-order valence-corrected chi connectivity index (χ3v) is 10.6. The van der Waals surface area contributed by atoms with Crippen molar-refractivity contribution in [1.29, 1.82) is 0 Å². The predicted molar refractivity (Wildman–Crippen MR) is 226 cm³/mol. The molecule has 3 aliphatic rings. The van der Waals surface area contributed by atoms with Crippen LogP contribution in [0.2, 0.25) is 0 Å². The first-order chi connectivity index (χ1) is 29.0. The number of aromatic nitrogens is 4. The van der Waals surface area contributed by atoms with Crippen molar-refractivity contribution >= 4 is 35.1 Å². The smallest absolute Gasteiger partial charge is 0.407 e. The van der Waals surface area contributed by atoms with Gasteiger partial charge < -0.3 is 49.3 Å². The Hall–Kier alpha value is -6.32. The fourth-order valence-electron chi connectivity index (χ4n) is 7.60. The number of likely N-dealkylation sites (tertiary alicyclic amines) is 1. The number of rotatable bonds is 12. The molecule has 2 unspecified atom stereocenters. The zero-order valence-electron chi connectivity index (χ0n) is 35.5. The van der Waals surface area contributed by atoms with Crippen LogP contribution in [0.3, 0.4) is 0 Å². The number of H-pyrrole nitrogens is 2. The Balaban J connectivity index is 0.00000195. The Labute approximate surface area is 350 Å². The van der Waals surface area contributed by atoms with Gasteiger partial charge in [-0.25, -0.2) is 19.6 Å². The molecule has 320 valence electrons. The van der Waals surface area contributed by atoms with Gasteiger partial charge in [0.05, 0.1) is 50.6 Å². The largest absolute Gasteiger partial charge is 0.488 e. The van der Waals surface area contributed by atoms with Gasteiger partial charge >= 0.3 is 12.2 Å². The Kier molecular flexibility index (Phi) is 14.1. The molecule has 60 heavy (non-hydrogen) atoms. The van der Waals surface area contributed by atoms with E-state index >= 15 is 0 Å². The zero-order chi connectivity index (χ0) is 42.9. The molecule has 4 N–H and O–H groups in total. The predicted octanol–water partition coefficient (Wildman–Crippen LogP) is 6.72. The van der Waals surface area contributed by atoms with Crippen LogP contribution >= 0.6 is 0 Å². The van der Waals surface area contributed by atoms with Gasteiger partial charge in [0.25, 0.3) is 0 Å². The summed E-state index contributed by atoms with van der Waals surface area (Å²) in [6.07, 6.45) is 5.83. The lowest BCUT2D eigenvalue weighted by molar-refractivity contribution is -0.135. The summed E-state index contributed by atoms with van der Waals surface area (Å²) >= 11 is 0. The molecule has 5 heterocycles. The van der Waals surface area contributed by atoms with Crippen molar-refractivity contribution in [3.63, 3.8) is 0 Å². The van der Waals surface area contributed by atoms with Crippen LogP contribution < -0.4 is 20.1 Å². The highest BCUT2D eigenvalue weighted by Gasteiger charge is 2.33. The molecule has 0 aliphatic carbocycles. The van der Waals surface area contributed by atoms with E-state index in [1.165, 1.54) is 20.6 Å². The summed E-state index contributed by atoms with van der Waals surface area (Å²) in [5.41, 5.74) is 7.45. The van der Waals surface area contributed by atoms with Crippen molar-refractivity contribution in [3.8, 4) is 34.0 Å². The standard InChI is InChI=1S/C41H48N8O8.C3H8/c1-6-13-48(39(51)37(23(2)3)47-41(53)55-5)20-35-42-17-30(45-35)24-9-11-26-28-22-57-34-16-25(10-12-27(34)29(28)21-56-33(26)15-24)31-18-43-38(46-31)32-8-7-14-49(32)36(50)19-44-40(52)54-4;1-3-2/h9-12,15-18,23,32,37H,6-8,13-14,19-22H2,1-5H3,(H,42,45)(H,43,46)(H,44,52)(H,47,53);3H2,1-2H3. The van der Waals surface area contributed by atoms with Crippen LogP contribution in [-0.4, -0.2) is 107 Å². The number of nitrogens with zero attached hydrogens (tertiary/aromatic N) is 4. The van der Waals surface area contributed by atoms with Crippen LogP contribution in [-0.2, 0) is 25.6 Å². The van der Waals surface area contributed by atoms with Crippen LogP contribution in [0.4, 0.5) is 9.59 Å². The molecule has 16 heteroatoms. The zero-order valence-corrected chi connectivity index (χ0v) is 35.5. The van der Waals surface area contributed by atoms with E-state index in [4.69, 9.17) is 14.2 Å². The molecule has 2 aromatic carbocycles. The average molecular weight is 825 g/mol. The first-order valence-corrected chi connectivity index (χ1v) is 20.6. The quantitative estimate of drug-likeness (QED) is 0.119. The number of imidazole rings is 2. The highest BCUT2D eigenvalue weighted by atomic mass is 16.5. The van der Waals surface area contributed by atoms with E-state index in [-0.39, 0.29) is 36.9 Å². The molecule has 16 nitrogen and oxygen atoms in total. The lowest BCUT2D eigenvalue weighted by atomic mass is 9.89. The molecule has 2 atom stereocenters. The van der Waals surface area contributed by atoms with Crippen LogP contribution in [0.5, 0.6) is 11.5 Å². The first kappa shape index (κ1) is 43.3. The fraction of sp³-hybridized carbons (Fsp3) is 0.455. The fourth-order valence-corrected chi connectivity index (χ4v) is 7.60. The summed E-state index contributed by atoms with van der Waals surface area (Å²) in [5.74, 6) is 2.29. The minimum atomic E-state index is -0.726. The van der Waals surface area contributed by atoms with E-state index < -0.39 is 18.2 Å². The van der Waals surface area contributed by atoms with Gasteiger partial charge in [-0.15, -0.1) is 0 Å². The number of amides is 4. The maximum absolute atomic E-state index is 13.5. The van der Waals surface area contributed by atoms with Gasteiger partial charge in [-0.1, -0.05) is 65.3 Å². The summed E-state index contributed by atoms with van der Waals surface area (Å²) in [6, 6.07) is 11.2. The van der Waals surface area contributed by atoms with E-state index in [1.807, 2.05) is 57.2 Å². The maximum atomic E-state index is 13.5. The van der Waals surface area contributed by atoms with E-state index in [9.17, 15) is 19.2 Å². The van der Waals surface area contributed by atoms with Crippen LogP contribution in [0.15, 0.2) is 48.8 Å². The molecule has 0 bridgehead atoms. The number of hydrogen-bond donors (Lipinski definition) is 4. The number of carbonyl (C=O) groups is 4. The molecule has 1 saturated heterocycles.